The van der Waals surface area contributed by atoms with E-state index in [1.807, 2.05) is 18.3 Å². The molecule has 4 heteroatoms. The number of thiophene rings is 1. The monoisotopic (exact) mass is 270 g/mol. The summed E-state index contributed by atoms with van der Waals surface area (Å²) in [5.41, 5.74) is 6.29. The molecule has 0 aliphatic heterocycles. The Morgan fingerprint density at radius 1 is 1.39 bits per heavy atom. The van der Waals surface area contributed by atoms with Gasteiger partial charge in [0.15, 0.2) is 0 Å². The van der Waals surface area contributed by atoms with Gasteiger partial charge in [-0.15, -0.1) is 11.3 Å². The second-order valence-corrected chi connectivity index (χ2v) is 5.96. The molecule has 0 fully saturated rings. The minimum atomic E-state index is 0.176. The highest BCUT2D eigenvalue weighted by molar-refractivity contribution is 7.12. The molecule has 2 N–H and O–H groups in total. The average Bonchev–Trinajstić information content (AvgIpc) is 2.76. The van der Waals surface area contributed by atoms with E-state index < -0.39 is 0 Å². The van der Waals surface area contributed by atoms with Crippen molar-refractivity contribution in [2.24, 2.45) is 5.73 Å². The second-order valence-electron chi connectivity index (χ2n) is 4.64. The predicted molar refractivity (Wildman–Crippen MR) is 79.2 cm³/mol. The quantitative estimate of drug-likeness (QED) is 0.738. The Balaban J connectivity index is 2.72. The van der Waals surface area contributed by atoms with Crippen molar-refractivity contribution in [2.45, 2.75) is 39.3 Å². The van der Waals surface area contributed by atoms with E-state index >= 15 is 0 Å². The first-order valence-corrected chi connectivity index (χ1v) is 7.51. The summed E-state index contributed by atoms with van der Waals surface area (Å²) < 4.78 is 5.43. The zero-order valence-electron chi connectivity index (χ0n) is 12.0. The molecule has 0 saturated heterocycles. The average molecular weight is 270 g/mol. The number of nitrogens with zero attached hydrogens (tertiary/aromatic N) is 1. The van der Waals surface area contributed by atoms with Gasteiger partial charge in [-0.25, -0.2) is 0 Å². The minimum Gasteiger partial charge on any atom is -0.380 e. The van der Waals surface area contributed by atoms with E-state index in [0.717, 1.165) is 26.2 Å². The van der Waals surface area contributed by atoms with Gasteiger partial charge in [0.25, 0.3) is 0 Å². The first-order chi connectivity index (χ1) is 8.60. The summed E-state index contributed by atoms with van der Waals surface area (Å²) in [7, 11) is 2.13. The van der Waals surface area contributed by atoms with Crippen LogP contribution in [0.2, 0.25) is 0 Å². The lowest BCUT2D eigenvalue weighted by Crippen LogP contribution is -2.39. The number of hydrogen-bond donors (Lipinski definition) is 1. The molecule has 104 valence electrons. The molecule has 0 aliphatic carbocycles. The molecule has 0 saturated carbocycles. The molecule has 1 heterocycles. The topological polar surface area (TPSA) is 38.5 Å². The van der Waals surface area contributed by atoms with Gasteiger partial charge in [0.1, 0.15) is 0 Å². The third kappa shape index (κ3) is 4.35. The maximum Gasteiger partial charge on any atom is 0.0593 e. The zero-order chi connectivity index (χ0) is 13.5. The van der Waals surface area contributed by atoms with Gasteiger partial charge in [0.2, 0.25) is 0 Å². The van der Waals surface area contributed by atoms with Crippen molar-refractivity contribution in [2.75, 3.05) is 26.8 Å². The second kappa shape index (κ2) is 7.89. The van der Waals surface area contributed by atoms with Crippen molar-refractivity contribution in [1.82, 2.24) is 4.90 Å². The Labute approximate surface area is 115 Å². The van der Waals surface area contributed by atoms with Crippen LogP contribution in [-0.2, 0) is 4.74 Å². The van der Waals surface area contributed by atoms with Crippen LogP contribution in [-0.4, -0.2) is 37.7 Å². The molecule has 0 bridgehead atoms. The molecule has 0 aromatic carbocycles. The fraction of sp³-hybridized carbons (Fsp3) is 0.714. The first-order valence-electron chi connectivity index (χ1n) is 6.70. The van der Waals surface area contributed by atoms with Crippen LogP contribution in [0.1, 0.15) is 36.1 Å². The molecule has 0 amide bonds. The van der Waals surface area contributed by atoms with Crippen LogP contribution in [0, 0.1) is 6.92 Å². The van der Waals surface area contributed by atoms with Gasteiger partial charge in [0, 0.05) is 28.9 Å². The molecular formula is C14H26N2OS. The molecule has 1 rings (SSSR count). The van der Waals surface area contributed by atoms with Gasteiger partial charge in [0.05, 0.1) is 12.6 Å². The van der Waals surface area contributed by atoms with E-state index in [-0.39, 0.29) is 6.04 Å². The number of likely N-dealkylation sites (N-methyl/N-ethyl adjacent to an activating group) is 1. The van der Waals surface area contributed by atoms with Gasteiger partial charge in [-0.2, -0.15) is 0 Å². The fourth-order valence-corrected chi connectivity index (χ4v) is 3.20. The highest BCUT2D eigenvalue weighted by Gasteiger charge is 2.24. The number of nitrogens with two attached hydrogens (primary N) is 1. The van der Waals surface area contributed by atoms with Gasteiger partial charge in [-0.1, -0.05) is 6.92 Å². The molecule has 0 radical (unpaired) electrons. The third-order valence-electron chi connectivity index (χ3n) is 3.20. The zero-order valence-corrected chi connectivity index (χ0v) is 12.8. The standard InChI is InChI=1S/C14H26N2OS/c1-5-12(15)14(13-8-7-11(3)18-13)16(4)9-10-17-6-2/h7-8,12,14H,5-6,9-10,15H2,1-4H3. The summed E-state index contributed by atoms with van der Waals surface area (Å²) >= 11 is 1.84. The Morgan fingerprint density at radius 2 is 2.11 bits per heavy atom. The summed E-state index contributed by atoms with van der Waals surface area (Å²) in [6.45, 7) is 8.78. The maximum absolute atomic E-state index is 6.29. The lowest BCUT2D eigenvalue weighted by Gasteiger charge is -2.31. The summed E-state index contributed by atoms with van der Waals surface area (Å²) in [6.07, 6.45) is 0.987. The molecule has 1 aromatic rings. The molecule has 18 heavy (non-hydrogen) atoms. The Hall–Kier alpha value is -0.420. The van der Waals surface area contributed by atoms with Gasteiger partial charge in [-0.3, -0.25) is 4.90 Å². The van der Waals surface area contributed by atoms with Crippen molar-refractivity contribution in [3.05, 3.63) is 21.9 Å². The summed E-state index contributed by atoms with van der Waals surface area (Å²) in [4.78, 5) is 5.02. The van der Waals surface area contributed by atoms with Crippen molar-refractivity contribution in [1.29, 1.82) is 0 Å². The lowest BCUT2D eigenvalue weighted by molar-refractivity contribution is 0.101. The smallest absolute Gasteiger partial charge is 0.0593 e. The Morgan fingerprint density at radius 3 is 2.61 bits per heavy atom. The van der Waals surface area contributed by atoms with Crippen LogP contribution in [0.5, 0.6) is 0 Å². The van der Waals surface area contributed by atoms with E-state index in [2.05, 4.69) is 37.9 Å². The fourth-order valence-electron chi connectivity index (χ4n) is 2.08. The van der Waals surface area contributed by atoms with Crippen molar-refractivity contribution in [3.8, 4) is 0 Å². The summed E-state index contributed by atoms with van der Waals surface area (Å²) in [5.74, 6) is 0. The first kappa shape index (κ1) is 15.6. The third-order valence-corrected chi connectivity index (χ3v) is 4.27. The van der Waals surface area contributed by atoms with E-state index in [9.17, 15) is 0 Å². The van der Waals surface area contributed by atoms with Crippen molar-refractivity contribution >= 4 is 11.3 Å². The lowest BCUT2D eigenvalue weighted by atomic mass is 10.0. The van der Waals surface area contributed by atoms with Crippen LogP contribution in [0.3, 0.4) is 0 Å². The van der Waals surface area contributed by atoms with Crippen LogP contribution in [0.4, 0.5) is 0 Å². The van der Waals surface area contributed by atoms with E-state index in [0.29, 0.717) is 6.04 Å². The highest BCUT2D eigenvalue weighted by atomic mass is 32.1. The maximum atomic E-state index is 6.29. The van der Waals surface area contributed by atoms with Crippen LogP contribution in [0.15, 0.2) is 12.1 Å². The largest absolute Gasteiger partial charge is 0.380 e. The SMILES string of the molecule is CCOCCN(C)C(c1ccc(C)s1)C(N)CC. The minimum absolute atomic E-state index is 0.176. The number of hydrogen-bond acceptors (Lipinski definition) is 4. The molecule has 0 aliphatic rings. The van der Waals surface area contributed by atoms with Crippen molar-refractivity contribution < 1.29 is 4.74 Å². The predicted octanol–water partition coefficient (Wildman–Crippen LogP) is 2.80. The normalized spacial score (nSPS) is 15.0. The summed E-state index contributed by atoms with van der Waals surface area (Å²) in [6, 6.07) is 4.85. The van der Waals surface area contributed by atoms with Crippen LogP contribution >= 0.6 is 11.3 Å². The molecule has 2 atom stereocenters. The van der Waals surface area contributed by atoms with E-state index in [4.69, 9.17) is 10.5 Å². The van der Waals surface area contributed by atoms with Gasteiger partial charge < -0.3 is 10.5 Å². The van der Waals surface area contributed by atoms with Gasteiger partial charge in [-0.05, 0) is 39.4 Å². The van der Waals surface area contributed by atoms with Gasteiger partial charge >= 0.3 is 0 Å². The molecule has 1 aromatic heterocycles. The molecular weight excluding hydrogens is 244 g/mol. The number of rotatable bonds is 8. The van der Waals surface area contributed by atoms with E-state index in [1.54, 1.807) is 0 Å². The van der Waals surface area contributed by atoms with E-state index in [1.165, 1.54) is 9.75 Å². The molecule has 3 nitrogen and oxygen atoms in total. The molecule has 2 unspecified atom stereocenters. The van der Waals surface area contributed by atoms with Crippen LogP contribution in [0.25, 0.3) is 0 Å². The number of aryl methyl sites for hydroxylation is 1. The Kier molecular flexibility index (Phi) is 6.86. The molecule has 0 spiro atoms. The van der Waals surface area contributed by atoms with Crippen LogP contribution < -0.4 is 5.73 Å². The summed E-state index contributed by atoms with van der Waals surface area (Å²) in [5, 5.41) is 0. The highest BCUT2D eigenvalue weighted by Crippen LogP contribution is 2.29. The number of ether oxygens (including phenoxy) is 1. The Bertz CT molecular complexity index is 340. The van der Waals surface area contributed by atoms with Crippen molar-refractivity contribution in [3.63, 3.8) is 0 Å².